The van der Waals surface area contributed by atoms with Crippen molar-refractivity contribution < 1.29 is 0 Å². The highest BCUT2D eigenvalue weighted by atomic mass is 15.2. The molecule has 0 aromatic carbocycles. The van der Waals surface area contributed by atoms with E-state index in [-0.39, 0.29) is 6.04 Å². The maximum absolute atomic E-state index is 5.79. The molecule has 3 nitrogen and oxygen atoms in total. The lowest BCUT2D eigenvalue weighted by molar-refractivity contribution is 0.210. The summed E-state index contributed by atoms with van der Waals surface area (Å²) in [6.45, 7) is 4.38. The van der Waals surface area contributed by atoms with Crippen molar-refractivity contribution >= 4 is 0 Å². The Kier molecular flexibility index (Phi) is 4.72. The number of pyridine rings is 1. The molecule has 1 saturated carbocycles. The van der Waals surface area contributed by atoms with E-state index in [1.54, 1.807) is 0 Å². The first kappa shape index (κ1) is 13.5. The van der Waals surface area contributed by atoms with Gasteiger partial charge in [-0.1, -0.05) is 32.3 Å². The van der Waals surface area contributed by atoms with E-state index in [9.17, 15) is 0 Å². The summed E-state index contributed by atoms with van der Waals surface area (Å²) in [5.74, 6) is 7.32. The van der Waals surface area contributed by atoms with Crippen molar-refractivity contribution in [3.05, 3.63) is 29.6 Å². The van der Waals surface area contributed by atoms with Gasteiger partial charge in [-0.05, 0) is 42.7 Å². The number of aromatic nitrogens is 1. The lowest BCUT2D eigenvalue weighted by Crippen LogP contribution is -2.36. The summed E-state index contributed by atoms with van der Waals surface area (Å²) in [5.41, 5.74) is 5.46. The highest BCUT2D eigenvalue weighted by Gasteiger charge is 2.28. The topological polar surface area (TPSA) is 50.9 Å². The van der Waals surface area contributed by atoms with Gasteiger partial charge in [0.1, 0.15) is 0 Å². The summed E-state index contributed by atoms with van der Waals surface area (Å²) in [6, 6.07) is 2.46. The highest BCUT2D eigenvalue weighted by Crippen LogP contribution is 2.38. The Bertz CT molecular complexity index is 378. The van der Waals surface area contributed by atoms with Gasteiger partial charge in [0.05, 0.1) is 6.04 Å². The number of hydrogen-bond donors (Lipinski definition) is 2. The SMILES string of the molecule is CCC1CCCC(C(NN)c2cncc(C)c2)C1. The molecule has 3 N–H and O–H groups in total. The Labute approximate surface area is 110 Å². The van der Waals surface area contributed by atoms with Crippen LogP contribution in [0.1, 0.15) is 56.2 Å². The summed E-state index contributed by atoms with van der Waals surface area (Å²) < 4.78 is 0. The zero-order valence-corrected chi connectivity index (χ0v) is 11.5. The van der Waals surface area contributed by atoms with Crippen molar-refractivity contribution in [1.29, 1.82) is 0 Å². The largest absolute Gasteiger partial charge is 0.271 e. The molecule has 0 spiro atoms. The molecule has 0 saturated heterocycles. The first-order valence-electron chi connectivity index (χ1n) is 7.12. The third-order valence-corrected chi connectivity index (χ3v) is 4.31. The minimum absolute atomic E-state index is 0.256. The summed E-state index contributed by atoms with van der Waals surface area (Å²) in [7, 11) is 0. The summed E-state index contributed by atoms with van der Waals surface area (Å²) in [5, 5.41) is 0. The van der Waals surface area contributed by atoms with Gasteiger partial charge in [-0.3, -0.25) is 16.3 Å². The van der Waals surface area contributed by atoms with E-state index in [4.69, 9.17) is 5.84 Å². The molecule has 1 aliphatic rings. The zero-order chi connectivity index (χ0) is 13.0. The first-order valence-corrected chi connectivity index (χ1v) is 7.12. The normalized spacial score (nSPS) is 25.9. The molecule has 3 unspecified atom stereocenters. The number of hydrogen-bond acceptors (Lipinski definition) is 3. The Morgan fingerprint density at radius 1 is 1.44 bits per heavy atom. The molecule has 2 rings (SSSR count). The van der Waals surface area contributed by atoms with Crippen LogP contribution in [0, 0.1) is 18.8 Å². The third kappa shape index (κ3) is 3.09. The lowest BCUT2D eigenvalue weighted by Gasteiger charge is -2.34. The van der Waals surface area contributed by atoms with Crippen LogP contribution >= 0.6 is 0 Å². The van der Waals surface area contributed by atoms with Crippen molar-refractivity contribution in [3.8, 4) is 0 Å². The highest BCUT2D eigenvalue weighted by molar-refractivity contribution is 5.21. The molecule has 1 heterocycles. The number of nitrogens with two attached hydrogens (primary N) is 1. The molecule has 0 bridgehead atoms. The monoisotopic (exact) mass is 247 g/mol. The van der Waals surface area contributed by atoms with Crippen molar-refractivity contribution in [2.24, 2.45) is 17.7 Å². The molecule has 1 aliphatic carbocycles. The molecular weight excluding hydrogens is 222 g/mol. The standard InChI is InChI=1S/C15H25N3/c1-3-12-5-4-6-13(8-12)15(18-16)14-7-11(2)9-17-10-14/h7,9-10,12-13,15,18H,3-6,8,16H2,1-2H3. The van der Waals surface area contributed by atoms with Crippen LogP contribution in [0.15, 0.2) is 18.5 Å². The van der Waals surface area contributed by atoms with Gasteiger partial charge in [0.15, 0.2) is 0 Å². The van der Waals surface area contributed by atoms with E-state index >= 15 is 0 Å². The molecule has 18 heavy (non-hydrogen) atoms. The van der Waals surface area contributed by atoms with Crippen LogP contribution in [0.5, 0.6) is 0 Å². The van der Waals surface area contributed by atoms with E-state index in [1.165, 1.54) is 43.2 Å². The summed E-state index contributed by atoms with van der Waals surface area (Å²) in [6.07, 6.45) is 10.4. The molecule has 1 aromatic heterocycles. The van der Waals surface area contributed by atoms with Crippen LogP contribution in [0.2, 0.25) is 0 Å². The molecule has 0 amide bonds. The van der Waals surface area contributed by atoms with Crippen molar-refractivity contribution in [1.82, 2.24) is 10.4 Å². The van der Waals surface area contributed by atoms with Gasteiger partial charge < -0.3 is 0 Å². The average Bonchev–Trinajstić information content (AvgIpc) is 2.40. The summed E-state index contributed by atoms with van der Waals surface area (Å²) >= 11 is 0. The maximum atomic E-state index is 5.79. The van der Waals surface area contributed by atoms with Gasteiger partial charge in [0.2, 0.25) is 0 Å². The van der Waals surface area contributed by atoms with Crippen LogP contribution in [-0.4, -0.2) is 4.98 Å². The Morgan fingerprint density at radius 3 is 2.94 bits per heavy atom. The molecule has 100 valence electrons. The molecule has 0 radical (unpaired) electrons. The van der Waals surface area contributed by atoms with E-state index in [1.807, 2.05) is 12.4 Å². The number of nitrogens with one attached hydrogen (secondary N) is 1. The van der Waals surface area contributed by atoms with Gasteiger partial charge >= 0.3 is 0 Å². The van der Waals surface area contributed by atoms with Gasteiger partial charge in [-0.2, -0.15) is 0 Å². The van der Waals surface area contributed by atoms with Gasteiger partial charge in [0.25, 0.3) is 0 Å². The quantitative estimate of drug-likeness (QED) is 0.635. The smallest absolute Gasteiger partial charge is 0.0503 e. The fraction of sp³-hybridized carbons (Fsp3) is 0.667. The molecular formula is C15H25N3. The number of nitrogens with zero attached hydrogens (tertiary/aromatic N) is 1. The minimum Gasteiger partial charge on any atom is -0.271 e. The zero-order valence-electron chi connectivity index (χ0n) is 11.5. The predicted octanol–water partition coefficient (Wildman–Crippen LogP) is 3.11. The van der Waals surface area contributed by atoms with Crippen LogP contribution < -0.4 is 11.3 Å². The second-order valence-electron chi connectivity index (χ2n) is 5.64. The molecule has 3 heteroatoms. The number of hydrazine groups is 1. The fourth-order valence-electron chi connectivity index (χ4n) is 3.26. The van der Waals surface area contributed by atoms with Gasteiger partial charge in [0, 0.05) is 12.4 Å². The molecule has 0 aliphatic heterocycles. The Balaban J connectivity index is 2.12. The molecule has 3 atom stereocenters. The van der Waals surface area contributed by atoms with Gasteiger partial charge in [-0.25, -0.2) is 0 Å². The third-order valence-electron chi connectivity index (χ3n) is 4.31. The second-order valence-corrected chi connectivity index (χ2v) is 5.64. The van der Waals surface area contributed by atoms with E-state index < -0.39 is 0 Å². The van der Waals surface area contributed by atoms with Crippen molar-refractivity contribution in [3.63, 3.8) is 0 Å². The van der Waals surface area contributed by atoms with E-state index in [2.05, 4.69) is 30.3 Å². The average molecular weight is 247 g/mol. The minimum atomic E-state index is 0.256. The summed E-state index contributed by atoms with van der Waals surface area (Å²) in [4.78, 5) is 4.29. The van der Waals surface area contributed by atoms with Crippen LogP contribution in [0.3, 0.4) is 0 Å². The van der Waals surface area contributed by atoms with Crippen LogP contribution in [-0.2, 0) is 0 Å². The second kappa shape index (κ2) is 6.30. The number of aryl methyl sites for hydroxylation is 1. The first-order chi connectivity index (χ1) is 8.74. The molecule has 1 aromatic rings. The Hall–Kier alpha value is -0.930. The van der Waals surface area contributed by atoms with Crippen LogP contribution in [0.4, 0.5) is 0 Å². The van der Waals surface area contributed by atoms with Gasteiger partial charge in [-0.15, -0.1) is 0 Å². The van der Waals surface area contributed by atoms with Crippen LogP contribution in [0.25, 0.3) is 0 Å². The van der Waals surface area contributed by atoms with Crippen molar-refractivity contribution in [2.45, 2.75) is 52.0 Å². The fourth-order valence-corrected chi connectivity index (χ4v) is 3.26. The van der Waals surface area contributed by atoms with E-state index in [0.717, 1.165) is 5.92 Å². The maximum Gasteiger partial charge on any atom is 0.0503 e. The predicted molar refractivity (Wildman–Crippen MR) is 74.8 cm³/mol. The van der Waals surface area contributed by atoms with Crippen molar-refractivity contribution in [2.75, 3.05) is 0 Å². The lowest BCUT2D eigenvalue weighted by atomic mass is 9.75. The van der Waals surface area contributed by atoms with E-state index in [0.29, 0.717) is 5.92 Å². The Morgan fingerprint density at radius 2 is 2.28 bits per heavy atom. The number of rotatable bonds is 4. The molecule has 1 fully saturated rings.